The minimum atomic E-state index is -0.772. The van der Waals surface area contributed by atoms with Crippen LogP contribution in [-0.2, 0) is 28.6 Å². The van der Waals surface area contributed by atoms with E-state index in [4.69, 9.17) is 14.2 Å². The van der Waals surface area contributed by atoms with E-state index in [1.54, 1.807) is 0 Å². The largest absolute Gasteiger partial charge is 0.462 e. The summed E-state index contributed by atoms with van der Waals surface area (Å²) in [6, 6.07) is 0. The maximum absolute atomic E-state index is 12.9. The van der Waals surface area contributed by atoms with Gasteiger partial charge in [-0.2, -0.15) is 0 Å². The molecule has 0 N–H and O–H groups in total. The highest BCUT2D eigenvalue weighted by Gasteiger charge is 2.19. The van der Waals surface area contributed by atoms with Crippen molar-refractivity contribution in [3.8, 4) is 0 Å². The van der Waals surface area contributed by atoms with E-state index in [2.05, 4.69) is 106 Å². The highest BCUT2D eigenvalue weighted by Crippen LogP contribution is 2.18. The first-order valence-corrected chi connectivity index (χ1v) is 36.1. The van der Waals surface area contributed by atoms with Gasteiger partial charge in [0.25, 0.3) is 0 Å². The van der Waals surface area contributed by atoms with Crippen molar-refractivity contribution in [3.05, 3.63) is 85.1 Å². The van der Waals surface area contributed by atoms with E-state index in [-0.39, 0.29) is 31.1 Å². The lowest BCUT2D eigenvalue weighted by molar-refractivity contribution is -0.167. The number of hydrogen-bond donors (Lipinski definition) is 0. The molecular weight excluding hydrogens is 1020 g/mol. The molecule has 0 aliphatic carbocycles. The lowest BCUT2D eigenvalue weighted by Gasteiger charge is -2.18. The van der Waals surface area contributed by atoms with Gasteiger partial charge in [0.2, 0.25) is 0 Å². The van der Waals surface area contributed by atoms with Gasteiger partial charge in [-0.1, -0.05) is 356 Å². The van der Waals surface area contributed by atoms with Crippen molar-refractivity contribution in [1.82, 2.24) is 0 Å². The van der Waals surface area contributed by atoms with Crippen molar-refractivity contribution in [2.45, 2.75) is 374 Å². The number of carbonyl (C=O) groups excluding carboxylic acids is 3. The topological polar surface area (TPSA) is 78.9 Å². The predicted molar refractivity (Wildman–Crippen MR) is 362 cm³/mol. The molecule has 0 bridgehead atoms. The number of ether oxygens (including phenoxy) is 3. The van der Waals surface area contributed by atoms with Crippen LogP contribution in [0.1, 0.15) is 367 Å². The number of carbonyl (C=O) groups is 3. The molecule has 0 saturated heterocycles. The number of unbranched alkanes of at least 4 members (excludes halogenated alkanes) is 41. The Morgan fingerprint density at radius 3 is 0.735 bits per heavy atom. The lowest BCUT2D eigenvalue weighted by Crippen LogP contribution is -2.30. The van der Waals surface area contributed by atoms with Gasteiger partial charge in [0.15, 0.2) is 6.10 Å². The van der Waals surface area contributed by atoms with Crippen LogP contribution in [-0.4, -0.2) is 37.2 Å². The third-order valence-corrected chi connectivity index (χ3v) is 15.9. The van der Waals surface area contributed by atoms with Crippen molar-refractivity contribution in [2.75, 3.05) is 13.2 Å². The zero-order valence-electron chi connectivity index (χ0n) is 55.2. The van der Waals surface area contributed by atoms with Gasteiger partial charge in [0, 0.05) is 19.3 Å². The zero-order chi connectivity index (χ0) is 59.9. The van der Waals surface area contributed by atoms with E-state index >= 15 is 0 Å². The van der Waals surface area contributed by atoms with Crippen LogP contribution in [0, 0.1) is 0 Å². The average Bonchev–Trinajstić information content (AvgIpc) is 3.48. The molecule has 1 atom stereocenters. The molecule has 6 nitrogen and oxygen atoms in total. The second-order valence-corrected chi connectivity index (χ2v) is 24.1. The lowest BCUT2D eigenvalue weighted by atomic mass is 10.0. The standard InChI is InChI=1S/C77H136O6/c1-4-7-10-13-16-19-22-24-26-28-30-31-32-33-34-35-36-37-38-39-40-41-42-43-44-45-47-48-50-52-55-58-61-64-67-70-76(79)82-73-74(72-81-75(78)69-66-63-60-57-54-21-18-15-12-9-6-3)83-77(80)71-68-65-62-59-56-53-51-49-46-29-27-25-23-20-17-14-11-8-5-2/h7,10,16,19,24,26,30-31,33-34,36-37,39-40,74H,4-6,8-9,11-15,17-18,20-23,25,27-29,32,35,38,41-73H2,1-3H3/b10-7-,19-16-,26-24-,31-30-,34-33-,37-36-,40-39-. The average molecular weight is 1160 g/mol. The Labute approximate surface area is 515 Å². The Bertz CT molecular complexity index is 1570. The molecule has 0 spiro atoms. The summed E-state index contributed by atoms with van der Waals surface area (Å²) in [6.07, 6.45) is 94.8. The van der Waals surface area contributed by atoms with Crippen LogP contribution in [0.2, 0.25) is 0 Å². The first-order chi connectivity index (χ1) is 41.0. The summed E-state index contributed by atoms with van der Waals surface area (Å²) in [6.45, 7) is 6.57. The Hall–Kier alpha value is -3.41. The van der Waals surface area contributed by atoms with Crippen LogP contribution in [0.15, 0.2) is 85.1 Å². The summed E-state index contributed by atoms with van der Waals surface area (Å²) in [4.78, 5) is 38.4. The van der Waals surface area contributed by atoms with Crippen LogP contribution in [0.4, 0.5) is 0 Å². The number of esters is 3. The van der Waals surface area contributed by atoms with Crippen LogP contribution in [0.5, 0.6) is 0 Å². The Morgan fingerprint density at radius 1 is 0.253 bits per heavy atom. The maximum atomic E-state index is 12.9. The van der Waals surface area contributed by atoms with E-state index in [0.717, 1.165) is 103 Å². The molecule has 0 aromatic heterocycles. The monoisotopic (exact) mass is 1160 g/mol. The second-order valence-electron chi connectivity index (χ2n) is 24.1. The fourth-order valence-electron chi connectivity index (χ4n) is 10.5. The van der Waals surface area contributed by atoms with Crippen molar-refractivity contribution in [3.63, 3.8) is 0 Å². The molecule has 0 radical (unpaired) electrons. The molecule has 0 fully saturated rings. The quantitative estimate of drug-likeness (QED) is 0.0261. The molecule has 0 heterocycles. The van der Waals surface area contributed by atoms with Gasteiger partial charge in [-0.05, 0) is 77.0 Å². The number of rotatable bonds is 66. The van der Waals surface area contributed by atoms with E-state index in [0.29, 0.717) is 19.3 Å². The number of allylic oxidation sites excluding steroid dienone is 14. The minimum Gasteiger partial charge on any atom is -0.462 e. The van der Waals surface area contributed by atoms with Gasteiger partial charge in [0.05, 0.1) is 0 Å². The summed E-state index contributed by atoms with van der Waals surface area (Å²) in [5.41, 5.74) is 0. The van der Waals surface area contributed by atoms with Gasteiger partial charge in [-0.15, -0.1) is 0 Å². The summed E-state index contributed by atoms with van der Waals surface area (Å²) < 4.78 is 17.0. The van der Waals surface area contributed by atoms with E-state index in [1.807, 2.05) is 0 Å². The van der Waals surface area contributed by atoms with Gasteiger partial charge in [0.1, 0.15) is 13.2 Å². The highest BCUT2D eigenvalue weighted by molar-refractivity contribution is 5.71. The van der Waals surface area contributed by atoms with Crippen molar-refractivity contribution < 1.29 is 28.6 Å². The summed E-state index contributed by atoms with van der Waals surface area (Å²) in [7, 11) is 0. The molecule has 0 saturated carbocycles. The second kappa shape index (κ2) is 71.1. The molecule has 0 aromatic rings. The molecule has 0 aliphatic rings. The van der Waals surface area contributed by atoms with E-state index in [1.165, 1.54) is 225 Å². The molecule has 0 aliphatic heterocycles. The molecule has 480 valence electrons. The summed E-state index contributed by atoms with van der Waals surface area (Å²) in [5.74, 6) is -0.848. The van der Waals surface area contributed by atoms with E-state index < -0.39 is 6.10 Å². The van der Waals surface area contributed by atoms with Gasteiger partial charge >= 0.3 is 17.9 Å². The van der Waals surface area contributed by atoms with Gasteiger partial charge < -0.3 is 14.2 Å². The molecule has 0 rings (SSSR count). The van der Waals surface area contributed by atoms with Crippen LogP contribution in [0.25, 0.3) is 0 Å². The fraction of sp³-hybridized carbons (Fsp3) is 0.779. The predicted octanol–water partition coefficient (Wildman–Crippen LogP) is 25.0. The van der Waals surface area contributed by atoms with Crippen LogP contribution < -0.4 is 0 Å². The molecule has 1 unspecified atom stereocenters. The molecular formula is C77H136O6. The fourth-order valence-corrected chi connectivity index (χ4v) is 10.5. The Balaban J connectivity index is 4.14. The Morgan fingerprint density at radius 2 is 0.470 bits per heavy atom. The first kappa shape index (κ1) is 79.6. The smallest absolute Gasteiger partial charge is 0.306 e. The minimum absolute atomic E-state index is 0.0692. The molecule has 0 amide bonds. The molecule has 83 heavy (non-hydrogen) atoms. The summed E-state index contributed by atoms with van der Waals surface area (Å²) in [5, 5.41) is 0. The highest BCUT2D eigenvalue weighted by atomic mass is 16.6. The number of hydrogen-bond acceptors (Lipinski definition) is 6. The van der Waals surface area contributed by atoms with Crippen LogP contribution in [0.3, 0.4) is 0 Å². The van der Waals surface area contributed by atoms with Crippen molar-refractivity contribution in [1.29, 1.82) is 0 Å². The first-order valence-electron chi connectivity index (χ1n) is 36.1. The third-order valence-electron chi connectivity index (χ3n) is 15.9. The maximum Gasteiger partial charge on any atom is 0.306 e. The van der Waals surface area contributed by atoms with Crippen LogP contribution >= 0.6 is 0 Å². The zero-order valence-corrected chi connectivity index (χ0v) is 55.2. The van der Waals surface area contributed by atoms with Crippen molar-refractivity contribution in [2.24, 2.45) is 0 Å². The third kappa shape index (κ3) is 69.3. The summed E-state index contributed by atoms with van der Waals surface area (Å²) >= 11 is 0. The molecule has 0 aromatic carbocycles. The van der Waals surface area contributed by atoms with Crippen molar-refractivity contribution >= 4 is 17.9 Å². The SMILES string of the molecule is CC/C=C\C/C=C\C/C=C\C/C=C\C/C=C\C/C=C\C/C=C\CCCCCCCCCCCCCCCC(=O)OCC(COC(=O)CCCCCCCCCCCCC)OC(=O)CCCCCCCCCCCCCCCCCCCCC. The molecule has 6 heteroatoms. The Kier molecular flexibility index (Phi) is 68.2. The van der Waals surface area contributed by atoms with E-state index in [9.17, 15) is 14.4 Å². The normalized spacial score (nSPS) is 12.6. The van der Waals surface area contributed by atoms with Gasteiger partial charge in [-0.3, -0.25) is 14.4 Å². The van der Waals surface area contributed by atoms with Gasteiger partial charge in [-0.25, -0.2) is 0 Å².